The van der Waals surface area contributed by atoms with Gasteiger partial charge in [-0.15, -0.1) is 11.3 Å². The summed E-state index contributed by atoms with van der Waals surface area (Å²) in [6, 6.07) is 8.59. The number of hydrogen-bond acceptors (Lipinski definition) is 4. The van der Waals surface area contributed by atoms with Crippen molar-refractivity contribution in [1.29, 1.82) is 0 Å². The van der Waals surface area contributed by atoms with Gasteiger partial charge in [-0.2, -0.15) is 0 Å². The van der Waals surface area contributed by atoms with Gasteiger partial charge in [0.15, 0.2) is 0 Å². The molecule has 2 aromatic rings. The lowest BCUT2D eigenvalue weighted by Crippen LogP contribution is -2.32. The van der Waals surface area contributed by atoms with Crippen molar-refractivity contribution in [2.45, 2.75) is 13.0 Å². The van der Waals surface area contributed by atoms with Crippen molar-refractivity contribution in [1.82, 2.24) is 10.3 Å². The average molecular weight is 259 g/mol. The van der Waals surface area contributed by atoms with E-state index in [9.17, 15) is 0 Å². The highest BCUT2D eigenvalue weighted by atomic mass is 32.1. The van der Waals surface area contributed by atoms with E-state index in [1.54, 1.807) is 11.3 Å². The summed E-state index contributed by atoms with van der Waals surface area (Å²) in [6.07, 6.45) is 3.02. The summed E-state index contributed by atoms with van der Waals surface area (Å²) in [5, 5.41) is 10.2. The zero-order valence-electron chi connectivity index (χ0n) is 10.2. The molecule has 0 radical (unpaired) electrons. The molecule has 0 amide bonds. The number of benzene rings is 1. The number of rotatable bonds is 4. The van der Waals surface area contributed by atoms with Crippen LogP contribution < -0.4 is 10.6 Å². The lowest BCUT2D eigenvalue weighted by Gasteiger charge is -2.26. The molecular formula is C14H17N3S. The number of hydrogen-bond donors (Lipinski definition) is 2. The molecule has 3 rings (SSSR count). The van der Waals surface area contributed by atoms with E-state index >= 15 is 0 Å². The van der Waals surface area contributed by atoms with Gasteiger partial charge in [0.05, 0.1) is 0 Å². The predicted molar refractivity (Wildman–Crippen MR) is 75.9 cm³/mol. The maximum absolute atomic E-state index is 4.28. The van der Waals surface area contributed by atoms with Crippen LogP contribution in [0.25, 0.3) is 0 Å². The largest absolute Gasteiger partial charge is 0.384 e. The Bertz CT molecular complexity index is 496. The van der Waals surface area contributed by atoms with E-state index in [-0.39, 0.29) is 0 Å². The fraction of sp³-hybridized carbons (Fsp3) is 0.357. The molecule has 4 heteroatoms. The predicted octanol–water partition coefficient (Wildman–Crippen LogP) is 2.52. The number of nitrogens with zero attached hydrogens (tertiary/aromatic N) is 1. The van der Waals surface area contributed by atoms with Crippen LogP contribution in [0.4, 0.5) is 5.69 Å². The van der Waals surface area contributed by atoms with Crippen LogP contribution in [0, 0.1) is 5.92 Å². The van der Waals surface area contributed by atoms with Crippen LogP contribution in [0.5, 0.6) is 0 Å². The van der Waals surface area contributed by atoms with Crippen molar-refractivity contribution >= 4 is 17.0 Å². The van der Waals surface area contributed by atoms with E-state index in [1.165, 1.54) is 16.3 Å². The summed E-state index contributed by atoms with van der Waals surface area (Å²) in [6.45, 7) is 2.98. The SMILES string of the molecule is c1ccc2c(c1)CC(CNCc1nccs1)CN2. The van der Waals surface area contributed by atoms with E-state index in [4.69, 9.17) is 0 Å². The Morgan fingerprint density at radius 1 is 1.39 bits per heavy atom. The second-order valence-electron chi connectivity index (χ2n) is 4.66. The first kappa shape index (κ1) is 11.7. The maximum atomic E-state index is 4.28. The van der Waals surface area contributed by atoms with E-state index in [1.807, 2.05) is 11.6 Å². The van der Waals surface area contributed by atoms with Crippen LogP contribution in [-0.4, -0.2) is 18.1 Å². The Labute approximate surface area is 111 Å². The normalized spacial score (nSPS) is 18.1. The second kappa shape index (κ2) is 5.50. The second-order valence-corrected chi connectivity index (χ2v) is 5.64. The van der Waals surface area contributed by atoms with Gasteiger partial charge in [0.25, 0.3) is 0 Å². The average Bonchev–Trinajstić information content (AvgIpc) is 2.92. The molecule has 0 bridgehead atoms. The van der Waals surface area contributed by atoms with Gasteiger partial charge >= 0.3 is 0 Å². The lowest BCUT2D eigenvalue weighted by molar-refractivity contribution is 0.483. The molecule has 0 spiro atoms. The van der Waals surface area contributed by atoms with Gasteiger partial charge in [-0.1, -0.05) is 18.2 Å². The molecule has 18 heavy (non-hydrogen) atoms. The van der Waals surface area contributed by atoms with Crippen molar-refractivity contribution in [3.05, 3.63) is 46.4 Å². The van der Waals surface area contributed by atoms with Gasteiger partial charge in [0.2, 0.25) is 0 Å². The fourth-order valence-corrected chi connectivity index (χ4v) is 2.96. The van der Waals surface area contributed by atoms with Gasteiger partial charge < -0.3 is 10.6 Å². The molecular weight excluding hydrogens is 242 g/mol. The molecule has 1 atom stereocenters. The topological polar surface area (TPSA) is 37.0 Å². The Balaban J connectivity index is 1.51. The molecule has 3 nitrogen and oxygen atoms in total. The van der Waals surface area contributed by atoms with Crippen molar-refractivity contribution < 1.29 is 0 Å². The van der Waals surface area contributed by atoms with Crippen LogP contribution in [0.1, 0.15) is 10.6 Å². The van der Waals surface area contributed by atoms with Crippen molar-refractivity contribution in [2.24, 2.45) is 5.92 Å². The minimum absolute atomic E-state index is 0.667. The molecule has 1 aliphatic heterocycles. The molecule has 94 valence electrons. The molecule has 0 aliphatic carbocycles. The summed E-state index contributed by atoms with van der Waals surface area (Å²) < 4.78 is 0. The third-order valence-corrected chi connectivity index (χ3v) is 4.08. The summed E-state index contributed by atoms with van der Waals surface area (Å²) in [5.41, 5.74) is 2.73. The lowest BCUT2D eigenvalue weighted by atomic mass is 9.94. The van der Waals surface area contributed by atoms with E-state index in [2.05, 4.69) is 39.9 Å². The summed E-state index contributed by atoms with van der Waals surface area (Å²) >= 11 is 1.71. The number of para-hydroxylation sites is 1. The Kier molecular flexibility index (Phi) is 3.57. The Morgan fingerprint density at radius 2 is 2.33 bits per heavy atom. The molecule has 1 aromatic carbocycles. The first-order valence-corrected chi connectivity index (χ1v) is 7.20. The molecule has 1 unspecified atom stereocenters. The van der Waals surface area contributed by atoms with Gasteiger partial charge in [0.1, 0.15) is 5.01 Å². The standard InChI is InChI=1S/C14H17N3S/c1-2-4-13-12(3-1)7-11(9-17-13)8-15-10-14-16-5-6-18-14/h1-6,11,15,17H,7-10H2. The molecule has 2 N–H and O–H groups in total. The molecule has 1 aromatic heterocycles. The van der Waals surface area contributed by atoms with Gasteiger partial charge in [0, 0.05) is 36.9 Å². The minimum Gasteiger partial charge on any atom is -0.384 e. The first-order chi connectivity index (χ1) is 8.92. The zero-order valence-corrected chi connectivity index (χ0v) is 11.0. The highest BCUT2D eigenvalue weighted by Gasteiger charge is 2.17. The number of thiazole rings is 1. The number of nitrogens with one attached hydrogen (secondary N) is 2. The van der Waals surface area contributed by atoms with Crippen molar-refractivity contribution in [2.75, 3.05) is 18.4 Å². The fourth-order valence-electron chi connectivity index (χ4n) is 2.38. The van der Waals surface area contributed by atoms with Gasteiger partial charge in [-0.05, 0) is 24.0 Å². The third kappa shape index (κ3) is 2.71. The summed E-state index contributed by atoms with van der Waals surface area (Å²) in [5.74, 6) is 0.667. The highest BCUT2D eigenvalue weighted by Crippen LogP contribution is 2.23. The zero-order chi connectivity index (χ0) is 12.2. The number of fused-ring (bicyclic) bond motifs is 1. The van der Waals surface area contributed by atoms with Crippen LogP contribution in [-0.2, 0) is 13.0 Å². The van der Waals surface area contributed by atoms with Crippen molar-refractivity contribution in [3.63, 3.8) is 0 Å². The van der Waals surface area contributed by atoms with Crippen LogP contribution in [0.3, 0.4) is 0 Å². The molecule has 0 saturated carbocycles. The summed E-state index contributed by atoms with van der Waals surface area (Å²) in [7, 11) is 0. The first-order valence-electron chi connectivity index (χ1n) is 6.32. The molecule has 1 aliphatic rings. The Hall–Kier alpha value is -1.39. The molecule has 0 saturated heterocycles. The third-order valence-electron chi connectivity index (χ3n) is 3.30. The smallest absolute Gasteiger partial charge is 0.106 e. The maximum Gasteiger partial charge on any atom is 0.106 e. The Morgan fingerprint density at radius 3 is 3.22 bits per heavy atom. The van der Waals surface area contributed by atoms with E-state index in [0.717, 1.165) is 26.1 Å². The van der Waals surface area contributed by atoms with Crippen molar-refractivity contribution in [3.8, 4) is 0 Å². The van der Waals surface area contributed by atoms with Crippen LogP contribution in [0.15, 0.2) is 35.8 Å². The minimum atomic E-state index is 0.667. The molecule has 0 fully saturated rings. The van der Waals surface area contributed by atoms with Crippen LogP contribution >= 0.6 is 11.3 Å². The van der Waals surface area contributed by atoms with Gasteiger partial charge in [-0.3, -0.25) is 0 Å². The van der Waals surface area contributed by atoms with Gasteiger partial charge in [-0.25, -0.2) is 4.98 Å². The molecule has 2 heterocycles. The monoisotopic (exact) mass is 259 g/mol. The van der Waals surface area contributed by atoms with E-state index in [0.29, 0.717) is 5.92 Å². The summed E-state index contributed by atoms with van der Waals surface area (Å²) in [4.78, 5) is 4.28. The van der Waals surface area contributed by atoms with Crippen LogP contribution in [0.2, 0.25) is 0 Å². The highest BCUT2D eigenvalue weighted by molar-refractivity contribution is 7.09. The van der Waals surface area contributed by atoms with E-state index < -0.39 is 0 Å². The quantitative estimate of drug-likeness (QED) is 0.886. The number of anilines is 1. The number of aromatic nitrogens is 1.